The van der Waals surface area contributed by atoms with Crippen LogP contribution in [0.2, 0.25) is 0 Å². The summed E-state index contributed by atoms with van der Waals surface area (Å²) < 4.78 is 4.58. The van der Waals surface area contributed by atoms with Crippen LogP contribution in [0.1, 0.15) is 11.1 Å². The summed E-state index contributed by atoms with van der Waals surface area (Å²) in [5.74, 6) is 0.201. The lowest BCUT2D eigenvalue weighted by Gasteiger charge is -2.10. The van der Waals surface area contributed by atoms with Gasteiger partial charge in [0, 0.05) is 44.0 Å². The van der Waals surface area contributed by atoms with Gasteiger partial charge in [0.15, 0.2) is 0 Å². The first-order valence-electron chi connectivity index (χ1n) is 18.5. The number of benzene rings is 8. The fourth-order valence-corrected chi connectivity index (χ4v) is 7.87. The van der Waals surface area contributed by atoms with E-state index in [4.69, 9.17) is 0 Å². The lowest BCUT2D eigenvalue weighted by Crippen LogP contribution is -1.93. The smallest absolute Gasteiger partial charge is 0.124 e. The van der Waals surface area contributed by atoms with E-state index in [2.05, 4.69) is 165 Å². The van der Waals surface area contributed by atoms with Crippen molar-refractivity contribution >= 4 is 56.0 Å². The van der Waals surface area contributed by atoms with Crippen molar-refractivity contribution < 1.29 is 10.2 Å². The monoisotopic (exact) mass is 722 g/mol. The molecule has 2 heterocycles. The highest BCUT2D eigenvalue weighted by atomic mass is 16.3. The largest absolute Gasteiger partial charge is 0.507 e. The molecule has 2 N–H and O–H groups in total. The van der Waals surface area contributed by atoms with Crippen LogP contribution in [0.5, 0.6) is 11.5 Å². The minimum absolute atomic E-state index is 0.101. The van der Waals surface area contributed by atoms with Crippen molar-refractivity contribution in [1.29, 1.82) is 0 Å². The average molecular weight is 723 g/mol. The number of phenolic OH excluding ortho intramolecular Hbond substituents is 2. The number of hydrogen-bond acceptors (Lipinski definition) is 4. The zero-order chi connectivity index (χ0) is 37.6. The van der Waals surface area contributed by atoms with Crippen LogP contribution in [-0.4, -0.2) is 31.8 Å². The molecule has 6 nitrogen and oxygen atoms in total. The maximum atomic E-state index is 10.7. The Morgan fingerprint density at radius 1 is 0.339 bits per heavy atom. The Balaban J connectivity index is 0.882. The normalized spacial score (nSPS) is 11.9. The van der Waals surface area contributed by atoms with Crippen LogP contribution in [0.4, 0.5) is 0 Å². The third-order valence-electron chi connectivity index (χ3n) is 10.6. The minimum Gasteiger partial charge on any atom is -0.507 e. The molecule has 0 fully saturated rings. The molecule has 0 amide bonds. The summed E-state index contributed by atoms with van der Waals surface area (Å²) in [6.45, 7) is 0. The third-order valence-corrected chi connectivity index (χ3v) is 10.6. The Hall–Kier alpha value is -7.70. The lowest BCUT2D eigenvalue weighted by atomic mass is 10.0. The molecule has 0 aliphatic rings. The zero-order valence-corrected chi connectivity index (χ0v) is 30.2. The van der Waals surface area contributed by atoms with E-state index in [9.17, 15) is 10.2 Å². The number of fused-ring (bicyclic) bond motifs is 6. The maximum Gasteiger partial charge on any atom is 0.124 e. The highest BCUT2D eigenvalue weighted by Gasteiger charge is 2.14. The Morgan fingerprint density at radius 3 is 0.982 bits per heavy atom. The van der Waals surface area contributed by atoms with Crippen molar-refractivity contribution in [3.63, 3.8) is 0 Å². The molecule has 56 heavy (non-hydrogen) atoms. The van der Waals surface area contributed by atoms with Crippen molar-refractivity contribution in [1.82, 2.24) is 9.13 Å². The summed E-state index contributed by atoms with van der Waals surface area (Å²) in [5, 5.41) is 34.7. The van der Waals surface area contributed by atoms with E-state index < -0.39 is 0 Å². The van der Waals surface area contributed by atoms with Crippen molar-refractivity contribution in [3.05, 3.63) is 193 Å². The summed E-state index contributed by atoms with van der Waals surface area (Å²) in [6.07, 6.45) is 3.05. The molecule has 0 radical (unpaired) electrons. The molecule has 0 bridgehead atoms. The van der Waals surface area contributed by atoms with Crippen molar-refractivity contribution in [2.24, 2.45) is 10.2 Å². The average Bonchev–Trinajstić information content (AvgIpc) is 3.77. The van der Waals surface area contributed by atoms with Gasteiger partial charge in [-0.05, 0) is 95.1 Å². The van der Waals surface area contributed by atoms with Crippen LogP contribution < -0.4 is 0 Å². The predicted octanol–water partition coefficient (Wildman–Crippen LogP) is 12.1. The van der Waals surface area contributed by atoms with Crippen LogP contribution >= 0.6 is 0 Å². The number of para-hydroxylation sites is 4. The number of rotatable bonds is 7. The van der Waals surface area contributed by atoms with Gasteiger partial charge < -0.3 is 19.3 Å². The molecule has 266 valence electrons. The van der Waals surface area contributed by atoms with Gasteiger partial charge in [0.2, 0.25) is 0 Å². The number of hydrogen-bond donors (Lipinski definition) is 2. The fraction of sp³-hybridized carbons (Fsp3) is 0. The molecule has 0 spiro atoms. The third kappa shape index (κ3) is 5.68. The second-order valence-electron chi connectivity index (χ2n) is 13.9. The molecule has 2 aromatic heterocycles. The van der Waals surface area contributed by atoms with Crippen LogP contribution in [0.15, 0.2) is 192 Å². The van der Waals surface area contributed by atoms with Gasteiger partial charge in [-0.15, -0.1) is 0 Å². The van der Waals surface area contributed by atoms with E-state index in [0.29, 0.717) is 11.1 Å². The van der Waals surface area contributed by atoms with Gasteiger partial charge in [0.25, 0.3) is 0 Å². The van der Waals surface area contributed by atoms with Gasteiger partial charge in [-0.3, -0.25) is 0 Å². The number of aromatic hydroxyl groups is 2. The molecule has 10 aromatic rings. The van der Waals surface area contributed by atoms with Crippen molar-refractivity contribution in [2.45, 2.75) is 0 Å². The highest BCUT2D eigenvalue weighted by Crippen LogP contribution is 2.35. The number of aromatic nitrogens is 2. The van der Waals surface area contributed by atoms with E-state index in [1.54, 1.807) is 12.1 Å². The van der Waals surface area contributed by atoms with Gasteiger partial charge >= 0.3 is 0 Å². The summed E-state index contributed by atoms with van der Waals surface area (Å²) >= 11 is 0. The number of nitrogens with zero attached hydrogens (tertiary/aromatic N) is 4. The van der Waals surface area contributed by atoms with Crippen LogP contribution in [0, 0.1) is 0 Å². The molecule has 6 heteroatoms. The quantitative estimate of drug-likeness (QED) is 0.127. The highest BCUT2D eigenvalue weighted by molar-refractivity contribution is 6.10. The van der Waals surface area contributed by atoms with E-state index in [0.717, 1.165) is 55.7 Å². The second kappa shape index (κ2) is 13.6. The zero-order valence-electron chi connectivity index (χ0n) is 30.2. The number of phenols is 2. The first-order chi connectivity index (χ1) is 27.6. The van der Waals surface area contributed by atoms with Crippen LogP contribution in [0.25, 0.3) is 77.2 Å². The molecule has 0 atom stereocenters. The summed E-state index contributed by atoms with van der Waals surface area (Å²) in [7, 11) is 0. The second-order valence-corrected chi connectivity index (χ2v) is 13.9. The Labute approximate surface area is 322 Å². The summed E-state index contributed by atoms with van der Waals surface area (Å²) in [5.41, 5.74) is 11.8. The van der Waals surface area contributed by atoms with Gasteiger partial charge in [0.1, 0.15) is 11.5 Å². The van der Waals surface area contributed by atoms with Crippen LogP contribution in [0.3, 0.4) is 0 Å². The maximum absolute atomic E-state index is 10.7. The molecular weight excluding hydrogens is 689 g/mol. The van der Waals surface area contributed by atoms with Crippen LogP contribution in [-0.2, 0) is 0 Å². The topological polar surface area (TPSA) is 75.0 Å². The lowest BCUT2D eigenvalue weighted by molar-refractivity contribution is 0.474. The Morgan fingerprint density at radius 2 is 0.643 bits per heavy atom. The molecule has 0 aliphatic heterocycles. The van der Waals surface area contributed by atoms with Gasteiger partial charge in [-0.2, -0.15) is 10.2 Å². The van der Waals surface area contributed by atoms with Gasteiger partial charge in [-0.25, -0.2) is 0 Å². The molecule has 8 aromatic carbocycles. The van der Waals surface area contributed by atoms with Gasteiger partial charge in [-0.1, -0.05) is 109 Å². The fourth-order valence-electron chi connectivity index (χ4n) is 7.87. The minimum atomic E-state index is 0.101. The SMILES string of the molecule is Oc1ccc(-c2ccc(-n3c4ccccc4c4ccccc43)cc2)cc1/C=N/N=C/c1cc(-c2ccc(-n3c4ccccc4c4ccccc43)cc2)ccc1O. The summed E-state index contributed by atoms with van der Waals surface area (Å²) in [4.78, 5) is 0. The first-order valence-corrected chi connectivity index (χ1v) is 18.5. The molecule has 0 saturated heterocycles. The Bertz CT molecular complexity index is 2830. The van der Waals surface area contributed by atoms with E-state index in [1.165, 1.54) is 34.0 Å². The summed E-state index contributed by atoms with van der Waals surface area (Å²) in [6, 6.07) is 61.7. The molecule has 0 saturated carbocycles. The Kier molecular flexibility index (Phi) is 8.00. The molecular formula is C50H34N4O2. The van der Waals surface area contributed by atoms with E-state index in [-0.39, 0.29) is 11.5 Å². The molecule has 10 rings (SSSR count). The first kappa shape index (κ1) is 32.9. The van der Waals surface area contributed by atoms with Crippen molar-refractivity contribution in [3.8, 4) is 45.1 Å². The van der Waals surface area contributed by atoms with Crippen molar-refractivity contribution in [2.75, 3.05) is 0 Å². The van der Waals surface area contributed by atoms with Gasteiger partial charge in [0.05, 0.1) is 34.5 Å². The van der Waals surface area contributed by atoms with E-state index >= 15 is 0 Å². The van der Waals surface area contributed by atoms with E-state index in [1.807, 2.05) is 24.3 Å². The molecule has 0 unspecified atom stereocenters. The molecule has 0 aliphatic carbocycles. The standard InChI is InChI=1S/C50H34N4O2/c55-49-27-21-35(33-17-23-39(24-18-33)53-45-13-5-1-9-41(45)42-10-2-6-14-46(42)53)29-37(49)31-51-52-32-38-30-36(22-28-50(38)56)34-19-25-40(26-20-34)54-47-15-7-3-11-43(47)44-12-4-8-16-48(44)54/h1-32,55-56H/b51-31+,52-32+. The predicted molar refractivity (Wildman–Crippen MR) is 231 cm³/mol.